The second kappa shape index (κ2) is 13.6. The number of anilines is 1. The summed E-state index contributed by atoms with van der Waals surface area (Å²) in [4.78, 5) is 29.6. The van der Waals surface area contributed by atoms with E-state index in [0.29, 0.717) is 12.1 Å². The maximum absolute atomic E-state index is 14.1. The minimum atomic E-state index is -3.77. The van der Waals surface area contributed by atoms with E-state index < -0.39 is 28.5 Å². The van der Waals surface area contributed by atoms with Gasteiger partial charge in [-0.25, -0.2) is 8.42 Å². The smallest absolute Gasteiger partial charge is 0.244 e. The highest BCUT2D eigenvalue weighted by atomic mass is 32.2. The van der Waals surface area contributed by atoms with Crippen LogP contribution in [0.15, 0.2) is 84.9 Å². The van der Waals surface area contributed by atoms with Gasteiger partial charge in [-0.1, -0.05) is 97.6 Å². The first-order valence-electron chi connectivity index (χ1n) is 13.9. The number of aryl methyl sites for hydroxylation is 1. The number of carbonyl (C=O) groups is 2. The Bertz CT molecular complexity index is 1360. The zero-order valence-electron chi connectivity index (χ0n) is 23.3. The van der Waals surface area contributed by atoms with Gasteiger partial charge in [-0.15, -0.1) is 0 Å². The monoisotopic (exact) mass is 561 g/mol. The number of nitrogens with zero attached hydrogens (tertiary/aromatic N) is 2. The second-order valence-electron chi connectivity index (χ2n) is 10.7. The van der Waals surface area contributed by atoms with E-state index in [2.05, 4.69) is 5.32 Å². The van der Waals surface area contributed by atoms with Crippen LogP contribution in [0.2, 0.25) is 0 Å². The van der Waals surface area contributed by atoms with Crippen LogP contribution in [0.4, 0.5) is 5.69 Å². The van der Waals surface area contributed by atoms with Crippen molar-refractivity contribution in [2.24, 2.45) is 0 Å². The number of benzene rings is 3. The lowest BCUT2D eigenvalue weighted by molar-refractivity contribution is -0.140. The first-order chi connectivity index (χ1) is 19.2. The molecule has 1 N–H and O–H groups in total. The largest absolute Gasteiger partial charge is 0.352 e. The number of amides is 2. The van der Waals surface area contributed by atoms with Gasteiger partial charge < -0.3 is 10.2 Å². The van der Waals surface area contributed by atoms with Gasteiger partial charge in [0, 0.05) is 19.0 Å². The predicted molar refractivity (Wildman–Crippen MR) is 159 cm³/mol. The number of hydrogen-bond acceptors (Lipinski definition) is 4. The summed E-state index contributed by atoms with van der Waals surface area (Å²) in [7, 11) is -3.77. The van der Waals surface area contributed by atoms with Crippen LogP contribution in [-0.4, -0.2) is 50.0 Å². The van der Waals surface area contributed by atoms with Gasteiger partial charge in [0.15, 0.2) is 0 Å². The summed E-state index contributed by atoms with van der Waals surface area (Å²) in [6.45, 7) is 1.69. The fraction of sp³-hybridized carbons (Fsp3) is 0.375. The van der Waals surface area contributed by atoms with E-state index in [0.717, 1.165) is 52.9 Å². The Hall–Kier alpha value is -3.65. The van der Waals surface area contributed by atoms with Crippen molar-refractivity contribution < 1.29 is 18.0 Å². The van der Waals surface area contributed by atoms with Crippen molar-refractivity contribution in [1.82, 2.24) is 10.2 Å². The first-order valence-corrected chi connectivity index (χ1v) is 15.8. The Balaban J connectivity index is 1.69. The SMILES string of the molecule is Cc1ccc(N(CC(=O)N(Cc2ccccc2)[C@H](Cc2ccccc2)C(=O)NC2CCCCC2)S(C)(=O)=O)cc1. The van der Waals surface area contributed by atoms with Crippen LogP contribution in [0.3, 0.4) is 0 Å². The van der Waals surface area contributed by atoms with Gasteiger partial charge in [-0.05, 0) is 43.0 Å². The summed E-state index contributed by atoms with van der Waals surface area (Å²) in [5.41, 5.74) is 3.18. The summed E-state index contributed by atoms with van der Waals surface area (Å²) >= 11 is 0. The van der Waals surface area contributed by atoms with Crippen LogP contribution in [0.1, 0.15) is 48.8 Å². The molecule has 1 aliphatic rings. The lowest BCUT2D eigenvalue weighted by atomic mass is 9.94. The van der Waals surface area contributed by atoms with Crippen molar-refractivity contribution >= 4 is 27.5 Å². The van der Waals surface area contributed by atoms with Crippen LogP contribution in [-0.2, 0) is 32.6 Å². The normalized spacial score (nSPS) is 14.8. The molecule has 0 bridgehead atoms. The van der Waals surface area contributed by atoms with Crippen molar-refractivity contribution in [1.29, 1.82) is 0 Å². The zero-order chi connectivity index (χ0) is 28.5. The highest BCUT2D eigenvalue weighted by Gasteiger charge is 2.34. The molecule has 0 spiro atoms. The molecule has 3 aromatic rings. The van der Waals surface area contributed by atoms with Crippen LogP contribution >= 0.6 is 0 Å². The molecule has 0 unspecified atom stereocenters. The Morgan fingerprint density at radius 2 is 1.43 bits per heavy atom. The van der Waals surface area contributed by atoms with Gasteiger partial charge >= 0.3 is 0 Å². The molecule has 0 aliphatic heterocycles. The molecule has 0 aromatic heterocycles. The number of hydrogen-bond donors (Lipinski definition) is 1. The van der Waals surface area contributed by atoms with Gasteiger partial charge in [0.1, 0.15) is 12.6 Å². The van der Waals surface area contributed by atoms with E-state index in [1.807, 2.05) is 79.7 Å². The Morgan fingerprint density at radius 3 is 2.00 bits per heavy atom. The first kappa shape index (κ1) is 29.3. The van der Waals surface area contributed by atoms with Crippen molar-refractivity contribution in [3.8, 4) is 0 Å². The molecule has 1 fully saturated rings. The molecular formula is C32H39N3O4S. The molecule has 7 nitrogen and oxygen atoms in total. The molecule has 40 heavy (non-hydrogen) atoms. The highest BCUT2D eigenvalue weighted by molar-refractivity contribution is 7.92. The molecule has 0 radical (unpaired) electrons. The molecule has 3 aromatic carbocycles. The number of sulfonamides is 1. The number of nitrogens with one attached hydrogen (secondary N) is 1. The van der Waals surface area contributed by atoms with Gasteiger partial charge in [0.05, 0.1) is 11.9 Å². The van der Waals surface area contributed by atoms with Gasteiger partial charge in [0.25, 0.3) is 0 Å². The standard InChI is InChI=1S/C32H39N3O4S/c1-25-18-20-29(21-19-25)35(40(2,38)39)24-31(36)34(23-27-14-8-4-9-15-27)30(22-26-12-6-3-7-13-26)32(37)33-28-16-10-5-11-17-28/h3-4,6-9,12-15,18-21,28,30H,5,10-11,16-17,22-24H2,1-2H3,(H,33,37)/t30-/m1/s1. The molecule has 8 heteroatoms. The molecule has 1 atom stereocenters. The lowest BCUT2D eigenvalue weighted by Crippen LogP contribution is -2.55. The Morgan fingerprint density at radius 1 is 0.850 bits per heavy atom. The third-order valence-electron chi connectivity index (χ3n) is 7.42. The van der Waals surface area contributed by atoms with Crippen LogP contribution in [0, 0.1) is 6.92 Å². The van der Waals surface area contributed by atoms with Crippen molar-refractivity contribution in [3.05, 3.63) is 102 Å². The van der Waals surface area contributed by atoms with Gasteiger partial charge in [0.2, 0.25) is 21.8 Å². The Kier molecular flexibility index (Phi) is 9.98. The number of carbonyl (C=O) groups excluding carboxylic acids is 2. The van der Waals surface area contributed by atoms with Crippen LogP contribution in [0.5, 0.6) is 0 Å². The third-order valence-corrected chi connectivity index (χ3v) is 8.56. The molecule has 0 saturated heterocycles. The lowest BCUT2D eigenvalue weighted by Gasteiger charge is -2.35. The molecule has 1 saturated carbocycles. The summed E-state index contributed by atoms with van der Waals surface area (Å²) in [5, 5.41) is 3.22. The number of rotatable bonds is 11. The minimum absolute atomic E-state index is 0.0771. The molecule has 2 amide bonds. The topological polar surface area (TPSA) is 86.8 Å². The van der Waals surface area contributed by atoms with Crippen molar-refractivity contribution in [2.75, 3.05) is 17.1 Å². The van der Waals surface area contributed by atoms with Crippen LogP contribution in [0.25, 0.3) is 0 Å². The summed E-state index contributed by atoms with van der Waals surface area (Å²) in [5.74, 6) is -0.643. The van der Waals surface area contributed by atoms with Gasteiger partial charge in [-0.3, -0.25) is 13.9 Å². The average Bonchev–Trinajstić information content (AvgIpc) is 2.95. The molecule has 1 aliphatic carbocycles. The quantitative estimate of drug-likeness (QED) is 0.363. The maximum Gasteiger partial charge on any atom is 0.244 e. The zero-order valence-corrected chi connectivity index (χ0v) is 24.1. The third kappa shape index (κ3) is 8.18. The molecular weight excluding hydrogens is 522 g/mol. The summed E-state index contributed by atoms with van der Waals surface area (Å²) in [6.07, 6.45) is 6.57. The van der Waals surface area contributed by atoms with E-state index in [1.165, 1.54) is 6.42 Å². The molecule has 4 rings (SSSR count). The Labute approximate surface area is 238 Å². The highest BCUT2D eigenvalue weighted by Crippen LogP contribution is 2.22. The predicted octanol–water partition coefficient (Wildman–Crippen LogP) is 4.85. The second-order valence-corrected chi connectivity index (χ2v) is 12.6. The van der Waals surface area contributed by atoms with E-state index in [9.17, 15) is 18.0 Å². The summed E-state index contributed by atoms with van der Waals surface area (Å²) in [6, 6.07) is 25.4. The van der Waals surface area contributed by atoms with E-state index in [4.69, 9.17) is 0 Å². The fourth-order valence-corrected chi connectivity index (χ4v) is 6.05. The molecule has 212 valence electrons. The minimum Gasteiger partial charge on any atom is -0.352 e. The van der Waals surface area contributed by atoms with E-state index in [-0.39, 0.29) is 18.5 Å². The van der Waals surface area contributed by atoms with E-state index >= 15 is 0 Å². The maximum atomic E-state index is 14.1. The van der Waals surface area contributed by atoms with Crippen LogP contribution < -0.4 is 9.62 Å². The molecule has 0 heterocycles. The summed E-state index contributed by atoms with van der Waals surface area (Å²) < 4.78 is 26.8. The van der Waals surface area contributed by atoms with Crippen molar-refractivity contribution in [2.45, 2.75) is 64.1 Å². The van der Waals surface area contributed by atoms with E-state index in [1.54, 1.807) is 17.0 Å². The van der Waals surface area contributed by atoms with Gasteiger partial charge in [-0.2, -0.15) is 0 Å². The fourth-order valence-electron chi connectivity index (χ4n) is 5.20. The van der Waals surface area contributed by atoms with Crippen molar-refractivity contribution in [3.63, 3.8) is 0 Å². The average molecular weight is 562 g/mol.